The van der Waals surface area contributed by atoms with E-state index in [1.807, 2.05) is 0 Å². The zero-order chi connectivity index (χ0) is 26.4. The van der Waals surface area contributed by atoms with E-state index in [9.17, 15) is 9.59 Å². The molecule has 3 fully saturated rings. The second-order valence-corrected chi connectivity index (χ2v) is 12.5. The second kappa shape index (κ2) is 13.5. The molecule has 0 spiro atoms. The SMILES string of the molecule is CNC1C(C)CC(CC2CC(C)C(N=NC(C(C)=O)N(C=O)C3CCCCC3OC)C(C)C2)CC1C. The summed E-state index contributed by atoms with van der Waals surface area (Å²) in [5, 5.41) is 12.8. The predicted molar refractivity (Wildman–Crippen MR) is 144 cm³/mol. The first-order valence-electron chi connectivity index (χ1n) is 14.5. The van der Waals surface area contributed by atoms with E-state index in [2.05, 4.69) is 45.2 Å². The van der Waals surface area contributed by atoms with Crippen LogP contribution in [0.25, 0.3) is 0 Å². The Labute approximate surface area is 219 Å². The van der Waals surface area contributed by atoms with E-state index in [0.29, 0.717) is 17.9 Å². The number of azo groups is 1. The summed E-state index contributed by atoms with van der Waals surface area (Å²) in [6.45, 7) is 10.9. The van der Waals surface area contributed by atoms with Crippen molar-refractivity contribution in [3.8, 4) is 0 Å². The average molecular weight is 505 g/mol. The van der Waals surface area contributed by atoms with Gasteiger partial charge in [0.1, 0.15) is 0 Å². The molecule has 3 aliphatic rings. The fourth-order valence-corrected chi connectivity index (χ4v) is 8.14. The third kappa shape index (κ3) is 6.94. The smallest absolute Gasteiger partial charge is 0.212 e. The summed E-state index contributed by atoms with van der Waals surface area (Å²) in [5.41, 5.74) is 0. The van der Waals surface area contributed by atoms with Crippen LogP contribution in [-0.2, 0) is 14.3 Å². The van der Waals surface area contributed by atoms with Gasteiger partial charge in [0, 0.05) is 13.2 Å². The molecule has 36 heavy (non-hydrogen) atoms. The van der Waals surface area contributed by atoms with Crippen molar-refractivity contribution in [1.29, 1.82) is 0 Å². The molecule has 0 aromatic carbocycles. The lowest BCUT2D eigenvalue weighted by Crippen LogP contribution is -2.52. The van der Waals surface area contributed by atoms with Crippen molar-refractivity contribution in [2.45, 2.75) is 123 Å². The van der Waals surface area contributed by atoms with Crippen molar-refractivity contribution in [1.82, 2.24) is 10.2 Å². The van der Waals surface area contributed by atoms with Crippen LogP contribution in [0.4, 0.5) is 0 Å². The van der Waals surface area contributed by atoms with Crippen LogP contribution in [-0.4, -0.2) is 61.6 Å². The molecule has 7 unspecified atom stereocenters. The molecule has 3 rings (SSSR count). The minimum absolute atomic E-state index is 0.0529. The first-order chi connectivity index (χ1) is 17.2. The number of rotatable bonds is 10. The molecule has 0 saturated heterocycles. The zero-order valence-corrected chi connectivity index (χ0v) is 23.9. The van der Waals surface area contributed by atoms with Gasteiger partial charge in [-0.3, -0.25) is 9.59 Å². The second-order valence-electron chi connectivity index (χ2n) is 12.5. The van der Waals surface area contributed by atoms with E-state index < -0.39 is 6.17 Å². The third-order valence-corrected chi connectivity index (χ3v) is 9.64. The largest absolute Gasteiger partial charge is 0.379 e. The van der Waals surface area contributed by atoms with Crippen LogP contribution in [0.3, 0.4) is 0 Å². The number of hydrogen-bond donors (Lipinski definition) is 1. The Morgan fingerprint density at radius 3 is 2.06 bits per heavy atom. The van der Waals surface area contributed by atoms with Crippen molar-refractivity contribution in [3.63, 3.8) is 0 Å². The topological polar surface area (TPSA) is 83.4 Å². The Kier molecular flexibility index (Phi) is 10.9. The minimum Gasteiger partial charge on any atom is -0.379 e. The van der Waals surface area contributed by atoms with Gasteiger partial charge in [0.25, 0.3) is 0 Å². The van der Waals surface area contributed by atoms with E-state index >= 15 is 0 Å². The van der Waals surface area contributed by atoms with Crippen LogP contribution in [0.15, 0.2) is 10.2 Å². The summed E-state index contributed by atoms with van der Waals surface area (Å²) >= 11 is 0. The average Bonchev–Trinajstić information content (AvgIpc) is 2.82. The molecule has 0 aromatic rings. The monoisotopic (exact) mass is 504 g/mol. The molecule has 1 amide bonds. The summed E-state index contributed by atoms with van der Waals surface area (Å²) in [6, 6.07) is 0.615. The molecule has 206 valence electrons. The number of ether oxygens (including phenoxy) is 1. The quantitative estimate of drug-likeness (QED) is 0.315. The summed E-state index contributed by atoms with van der Waals surface area (Å²) in [5.74, 6) is 3.71. The molecular formula is C29H52N4O3. The van der Waals surface area contributed by atoms with E-state index in [1.54, 1.807) is 12.0 Å². The van der Waals surface area contributed by atoms with Crippen molar-refractivity contribution in [2.75, 3.05) is 14.2 Å². The molecule has 1 N–H and O–H groups in total. The molecule has 7 heteroatoms. The van der Waals surface area contributed by atoms with Gasteiger partial charge in [0.2, 0.25) is 12.6 Å². The van der Waals surface area contributed by atoms with Gasteiger partial charge in [-0.05, 0) is 94.4 Å². The van der Waals surface area contributed by atoms with Gasteiger partial charge in [-0.25, -0.2) is 0 Å². The lowest BCUT2D eigenvalue weighted by molar-refractivity contribution is -0.137. The molecule has 0 aliphatic heterocycles. The first kappa shape index (κ1) is 29.2. The maximum absolute atomic E-state index is 12.6. The number of nitrogens with zero attached hydrogens (tertiary/aromatic N) is 3. The minimum atomic E-state index is -0.856. The van der Waals surface area contributed by atoms with Crippen LogP contribution >= 0.6 is 0 Å². The van der Waals surface area contributed by atoms with E-state index in [4.69, 9.17) is 9.85 Å². The highest BCUT2D eigenvalue weighted by atomic mass is 16.5. The fourth-order valence-electron chi connectivity index (χ4n) is 8.14. The lowest BCUT2D eigenvalue weighted by Gasteiger charge is -2.42. The van der Waals surface area contributed by atoms with Crippen LogP contribution < -0.4 is 5.32 Å². The Morgan fingerprint density at radius 1 is 1.00 bits per heavy atom. The zero-order valence-electron chi connectivity index (χ0n) is 23.9. The molecule has 3 aliphatic carbocycles. The Balaban J connectivity index is 1.63. The number of Topliss-reactive ketones (excluding diaryl/α,β-unsaturated/α-hetero) is 1. The number of carbonyl (C=O) groups is 2. The van der Waals surface area contributed by atoms with Crippen LogP contribution in [0, 0.1) is 35.5 Å². The van der Waals surface area contributed by atoms with Crippen molar-refractivity contribution in [2.24, 2.45) is 45.7 Å². The van der Waals surface area contributed by atoms with Crippen LogP contribution in [0.2, 0.25) is 0 Å². The normalized spacial score (nSPS) is 40.6. The lowest BCUT2D eigenvalue weighted by atomic mass is 9.66. The van der Waals surface area contributed by atoms with E-state index in [1.165, 1.54) is 39.0 Å². The molecule has 0 radical (unpaired) electrons. The number of methoxy groups -OCH3 is 1. The van der Waals surface area contributed by atoms with Crippen LogP contribution in [0.5, 0.6) is 0 Å². The molecule has 0 aromatic heterocycles. The highest BCUT2D eigenvalue weighted by Crippen LogP contribution is 2.43. The van der Waals surface area contributed by atoms with Crippen molar-refractivity contribution >= 4 is 12.2 Å². The van der Waals surface area contributed by atoms with Gasteiger partial charge < -0.3 is 15.0 Å². The maximum atomic E-state index is 12.6. The first-order valence-corrected chi connectivity index (χ1v) is 14.5. The van der Waals surface area contributed by atoms with Gasteiger partial charge >= 0.3 is 0 Å². The Morgan fingerprint density at radius 2 is 1.56 bits per heavy atom. The van der Waals surface area contributed by atoms with Gasteiger partial charge in [0.15, 0.2) is 5.78 Å². The molecule has 7 nitrogen and oxygen atoms in total. The van der Waals surface area contributed by atoms with E-state index in [-0.39, 0.29) is 24.0 Å². The number of nitrogens with one attached hydrogen (secondary N) is 1. The summed E-state index contributed by atoms with van der Waals surface area (Å²) in [6.07, 6.45) is 10.0. The van der Waals surface area contributed by atoms with E-state index in [0.717, 1.165) is 55.8 Å². The summed E-state index contributed by atoms with van der Waals surface area (Å²) in [4.78, 5) is 26.3. The standard InChI is InChI=1S/C29H52N4O3/c1-18-12-23(13-19(2)27(18)30-6)16-24-14-20(3)28(21(4)15-24)31-32-29(22(5)35)33(17-34)25-10-8-9-11-26(25)36-7/h17-21,23-30H,8-16H2,1-7H3. The molecule has 3 saturated carbocycles. The van der Waals surface area contributed by atoms with Gasteiger partial charge in [0.05, 0.1) is 18.2 Å². The molecule has 0 bridgehead atoms. The number of ketones is 1. The Bertz CT molecular complexity index is 722. The molecule has 0 heterocycles. The third-order valence-electron chi connectivity index (χ3n) is 9.64. The van der Waals surface area contributed by atoms with Crippen molar-refractivity contribution in [3.05, 3.63) is 0 Å². The maximum Gasteiger partial charge on any atom is 0.212 e. The highest BCUT2D eigenvalue weighted by Gasteiger charge is 2.39. The van der Waals surface area contributed by atoms with Gasteiger partial charge in [-0.2, -0.15) is 10.2 Å². The molecular weight excluding hydrogens is 452 g/mol. The van der Waals surface area contributed by atoms with Crippen molar-refractivity contribution < 1.29 is 14.3 Å². The van der Waals surface area contributed by atoms with Gasteiger partial charge in [-0.1, -0.05) is 40.5 Å². The highest BCUT2D eigenvalue weighted by molar-refractivity contribution is 5.83. The predicted octanol–water partition coefficient (Wildman–Crippen LogP) is 5.48. The summed E-state index contributed by atoms with van der Waals surface area (Å²) < 4.78 is 5.66. The Hall–Kier alpha value is -1.34. The fraction of sp³-hybridized carbons (Fsp3) is 0.931. The summed E-state index contributed by atoms with van der Waals surface area (Å²) in [7, 11) is 3.79. The number of hydrogen-bond acceptors (Lipinski definition) is 6. The number of carbonyl (C=O) groups excluding carboxylic acids is 2. The van der Waals surface area contributed by atoms with Gasteiger partial charge in [-0.15, -0.1) is 0 Å². The number of amides is 1. The van der Waals surface area contributed by atoms with Crippen LogP contribution in [0.1, 0.15) is 92.4 Å². The molecule has 7 atom stereocenters.